The molecule has 1 fully saturated rings. The van der Waals surface area contributed by atoms with Crippen molar-refractivity contribution < 1.29 is 4.74 Å². The van der Waals surface area contributed by atoms with Crippen molar-refractivity contribution in [1.29, 1.82) is 0 Å². The molecule has 4 nitrogen and oxygen atoms in total. The molecule has 1 aromatic rings. The zero-order chi connectivity index (χ0) is 13.9. The average molecular weight is 263 g/mol. The first-order chi connectivity index (χ1) is 9.11. The molecule has 0 aromatic carbocycles. The van der Waals surface area contributed by atoms with Gasteiger partial charge in [0.05, 0.1) is 0 Å². The van der Waals surface area contributed by atoms with Crippen molar-refractivity contribution in [1.82, 2.24) is 9.97 Å². The standard InChI is InChI=1S/C15H25N3O/c1-5-9-16-13-10-12(11(2)3)17-14(18-13)15(19-4)7-6-8-15/h10-11H,5-9H2,1-4H3,(H,16,17,18). The van der Waals surface area contributed by atoms with E-state index in [1.807, 2.05) is 0 Å². The average Bonchev–Trinajstić information content (AvgIpc) is 2.35. The summed E-state index contributed by atoms with van der Waals surface area (Å²) in [5, 5.41) is 3.37. The topological polar surface area (TPSA) is 47.0 Å². The Bertz CT molecular complexity index is 422. The van der Waals surface area contributed by atoms with Crippen LogP contribution in [0.1, 0.15) is 63.9 Å². The number of methoxy groups -OCH3 is 1. The molecule has 1 aromatic heterocycles. The van der Waals surface area contributed by atoms with E-state index < -0.39 is 0 Å². The quantitative estimate of drug-likeness (QED) is 0.854. The monoisotopic (exact) mass is 263 g/mol. The van der Waals surface area contributed by atoms with E-state index in [4.69, 9.17) is 9.72 Å². The van der Waals surface area contributed by atoms with E-state index in [9.17, 15) is 0 Å². The van der Waals surface area contributed by atoms with Gasteiger partial charge in [0, 0.05) is 25.4 Å². The lowest BCUT2D eigenvalue weighted by Gasteiger charge is -2.39. The van der Waals surface area contributed by atoms with Gasteiger partial charge in [-0.25, -0.2) is 9.97 Å². The van der Waals surface area contributed by atoms with Gasteiger partial charge in [-0.1, -0.05) is 20.8 Å². The molecule has 2 rings (SSSR count). The lowest BCUT2D eigenvalue weighted by molar-refractivity contribution is -0.0847. The second kappa shape index (κ2) is 5.87. The molecule has 1 aliphatic carbocycles. The van der Waals surface area contributed by atoms with Gasteiger partial charge in [-0.05, 0) is 31.6 Å². The van der Waals surface area contributed by atoms with Crippen molar-refractivity contribution in [3.05, 3.63) is 17.6 Å². The Morgan fingerprint density at radius 1 is 1.37 bits per heavy atom. The minimum absolute atomic E-state index is 0.243. The minimum Gasteiger partial charge on any atom is -0.370 e. The van der Waals surface area contributed by atoms with E-state index in [-0.39, 0.29) is 5.60 Å². The van der Waals surface area contributed by atoms with Crippen LogP contribution in [0.5, 0.6) is 0 Å². The van der Waals surface area contributed by atoms with Crippen molar-refractivity contribution >= 4 is 5.82 Å². The Balaban J connectivity index is 2.33. The summed E-state index contributed by atoms with van der Waals surface area (Å²) in [6.45, 7) is 7.42. The number of hydrogen-bond acceptors (Lipinski definition) is 4. The van der Waals surface area contributed by atoms with Crippen LogP contribution in [0, 0.1) is 0 Å². The second-order valence-electron chi connectivity index (χ2n) is 5.64. The van der Waals surface area contributed by atoms with Gasteiger partial charge in [-0.15, -0.1) is 0 Å². The largest absolute Gasteiger partial charge is 0.370 e. The van der Waals surface area contributed by atoms with E-state index in [0.29, 0.717) is 5.92 Å². The van der Waals surface area contributed by atoms with E-state index in [2.05, 4.69) is 37.1 Å². The first kappa shape index (κ1) is 14.3. The lowest BCUT2D eigenvalue weighted by Crippen LogP contribution is -2.38. The van der Waals surface area contributed by atoms with Crippen molar-refractivity contribution in [2.45, 2.75) is 58.0 Å². The van der Waals surface area contributed by atoms with Crippen LogP contribution < -0.4 is 5.32 Å². The Kier molecular flexibility index (Phi) is 4.40. The molecule has 0 atom stereocenters. The van der Waals surface area contributed by atoms with Gasteiger partial charge < -0.3 is 10.1 Å². The molecule has 0 radical (unpaired) electrons. The SMILES string of the molecule is CCCNc1cc(C(C)C)nc(C2(OC)CCC2)n1. The molecule has 4 heteroatoms. The van der Waals surface area contributed by atoms with Crippen LogP contribution in [0.2, 0.25) is 0 Å². The lowest BCUT2D eigenvalue weighted by atomic mass is 9.79. The number of ether oxygens (including phenoxy) is 1. The first-order valence-corrected chi connectivity index (χ1v) is 7.30. The van der Waals surface area contributed by atoms with Gasteiger partial charge in [0.2, 0.25) is 0 Å². The van der Waals surface area contributed by atoms with Crippen LogP contribution >= 0.6 is 0 Å². The first-order valence-electron chi connectivity index (χ1n) is 7.30. The molecule has 0 amide bonds. The molecule has 19 heavy (non-hydrogen) atoms. The van der Waals surface area contributed by atoms with Crippen LogP contribution in [-0.4, -0.2) is 23.6 Å². The van der Waals surface area contributed by atoms with Gasteiger partial charge in [0.1, 0.15) is 11.4 Å². The highest BCUT2D eigenvalue weighted by atomic mass is 16.5. The molecule has 1 N–H and O–H groups in total. The predicted octanol–water partition coefficient (Wildman–Crippen LogP) is 3.45. The maximum Gasteiger partial charge on any atom is 0.162 e. The number of hydrogen-bond donors (Lipinski definition) is 1. The maximum atomic E-state index is 5.70. The molecule has 0 unspecified atom stereocenters. The summed E-state index contributed by atoms with van der Waals surface area (Å²) in [5.74, 6) is 2.18. The summed E-state index contributed by atoms with van der Waals surface area (Å²) in [5.41, 5.74) is 0.847. The second-order valence-corrected chi connectivity index (χ2v) is 5.64. The van der Waals surface area contributed by atoms with Crippen LogP contribution in [-0.2, 0) is 10.3 Å². The summed E-state index contributed by atoms with van der Waals surface area (Å²) in [6.07, 6.45) is 4.34. The molecule has 1 heterocycles. The van der Waals surface area contributed by atoms with E-state index in [1.54, 1.807) is 7.11 Å². The third-order valence-electron chi connectivity index (χ3n) is 3.85. The van der Waals surface area contributed by atoms with Gasteiger partial charge in [0.15, 0.2) is 5.82 Å². The van der Waals surface area contributed by atoms with Crippen LogP contribution in [0.4, 0.5) is 5.82 Å². The van der Waals surface area contributed by atoms with Crippen molar-refractivity contribution in [2.75, 3.05) is 19.0 Å². The highest BCUT2D eigenvalue weighted by molar-refractivity contribution is 5.38. The molecular formula is C15H25N3O. The Morgan fingerprint density at radius 2 is 2.11 bits per heavy atom. The normalized spacial score (nSPS) is 17.3. The molecule has 0 saturated heterocycles. The highest BCUT2D eigenvalue weighted by Gasteiger charge is 2.42. The van der Waals surface area contributed by atoms with Gasteiger partial charge >= 0.3 is 0 Å². The van der Waals surface area contributed by atoms with Crippen molar-refractivity contribution in [3.63, 3.8) is 0 Å². The summed E-state index contributed by atoms with van der Waals surface area (Å²) < 4.78 is 5.70. The fraction of sp³-hybridized carbons (Fsp3) is 0.733. The minimum atomic E-state index is -0.243. The fourth-order valence-corrected chi connectivity index (χ4v) is 2.33. The Labute approximate surface area is 116 Å². The zero-order valence-electron chi connectivity index (χ0n) is 12.5. The van der Waals surface area contributed by atoms with Gasteiger partial charge in [0.25, 0.3) is 0 Å². The maximum absolute atomic E-state index is 5.70. The van der Waals surface area contributed by atoms with E-state index in [0.717, 1.165) is 43.1 Å². The van der Waals surface area contributed by atoms with Gasteiger partial charge in [-0.3, -0.25) is 0 Å². The molecule has 0 aliphatic heterocycles. The number of anilines is 1. The zero-order valence-corrected chi connectivity index (χ0v) is 12.5. The fourth-order valence-electron chi connectivity index (χ4n) is 2.33. The number of nitrogens with one attached hydrogen (secondary N) is 1. The summed E-state index contributed by atoms with van der Waals surface area (Å²) in [7, 11) is 1.77. The summed E-state index contributed by atoms with van der Waals surface area (Å²) >= 11 is 0. The van der Waals surface area contributed by atoms with Crippen LogP contribution in [0.15, 0.2) is 6.07 Å². The van der Waals surface area contributed by atoms with Gasteiger partial charge in [-0.2, -0.15) is 0 Å². The van der Waals surface area contributed by atoms with Crippen molar-refractivity contribution in [2.24, 2.45) is 0 Å². The van der Waals surface area contributed by atoms with E-state index in [1.165, 1.54) is 6.42 Å². The molecule has 0 spiro atoms. The predicted molar refractivity (Wildman–Crippen MR) is 77.4 cm³/mol. The molecule has 1 aliphatic rings. The molecule has 1 saturated carbocycles. The number of aromatic nitrogens is 2. The smallest absolute Gasteiger partial charge is 0.162 e. The molecular weight excluding hydrogens is 238 g/mol. The third kappa shape index (κ3) is 2.89. The Morgan fingerprint density at radius 3 is 2.58 bits per heavy atom. The number of rotatable bonds is 6. The molecule has 106 valence electrons. The molecule has 0 bridgehead atoms. The summed E-state index contributed by atoms with van der Waals surface area (Å²) in [6, 6.07) is 2.06. The third-order valence-corrected chi connectivity index (χ3v) is 3.85. The highest BCUT2D eigenvalue weighted by Crippen LogP contribution is 2.43. The van der Waals surface area contributed by atoms with Crippen LogP contribution in [0.3, 0.4) is 0 Å². The number of nitrogens with zero attached hydrogens (tertiary/aromatic N) is 2. The Hall–Kier alpha value is -1.16. The summed E-state index contributed by atoms with van der Waals surface area (Å²) in [4.78, 5) is 9.40. The van der Waals surface area contributed by atoms with Crippen LogP contribution in [0.25, 0.3) is 0 Å². The van der Waals surface area contributed by atoms with E-state index >= 15 is 0 Å². The van der Waals surface area contributed by atoms with Crippen molar-refractivity contribution in [3.8, 4) is 0 Å².